The van der Waals surface area contributed by atoms with E-state index in [4.69, 9.17) is 11.5 Å². The number of amides is 4. The number of carbonyl (C=O) groups excluding carboxylic acids is 4. The molecule has 1 heterocycles. The molecule has 0 bridgehead atoms. The van der Waals surface area contributed by atoms with E-state index >= 15 is 0 Å². The van der Waals surface area contributed by atoms with Gasteiger partial charge in [0, 0.05) is 6.54 Å². The van der Waals surface area contributed by atoms with Crippen LogP contribution in [0.1, 0.15) is 45.1 Å². The summed E-state index contributed by atoms with van der Waals surface area (Å²) in [7, 11) is 0. The molecule has 36 heavy (non-hydrogen) atoms. The molecule has 2 rings (SSSR count). The topological polar surface area (TPSA) is 205 Å². The molecule has 0 aliphatic carbocycles. The van der Waals surface area contributed by atoms with E-state index < -0.39 is 60.2 Å². The number of hydrogen-bond acceptors (Lipinski definition) is 7. The number of likely N-dealkylation sites (tertiary alicyclic amines) is 1. The summed E-state index contributed by atoms with van der Waals surface area (Å²) in [6.07, 6.45) is 0.947. The van der Waals surface area contributed by atoms with Crippen molar-refractivity contribution in [3.05, 3.63) is 29.8 Å². The van der Waals surface area contributed by atoms with Crippen LogP contribution in [0.15, 0.2) is 24.3 Å². The number of phenolic OH excluding ortho intramolecular Hbond substituents is 1. The Labute approximate surface area is 209 Å². The Balaban J connectivity index is 2.12. The highest BCUT2D eigenvalue weighted by molar-refractivity contribution is 5.96. The van der Waals surface area contributed by atoms with Crippen LogP contribution in [-0.4, -0.2) is 75.4 Å². The van der Waals surface area contributed by atoms with E-state index in [-0.39, 0.29) is 24.6 Å². The van der Waals surface area contributed by atoms with Crippen LogP contribution >= 0.6 is 0 Å². The average molecular weight is 506 g/mol. The van der Waals surface area contributed by atoms with Crippen molar-refractivity contribution in [2.75, 3.05) is 6.54 Å². The third kappa shape index (κ3) is 7.67. The maximum Gasteiger partial charge on any atom is 0.326 e. The lowest BCUT2D eigenvalue weighted by atomic mass is 9.98. The quantitative estimate of drug-likeness (QED) is 0.212. The maximum absolute atomic E-state index is 13.3. The Bertz CT molecular complexity index is 968. The van der Waals surface area contributed by atoms with E-state index in [2.05, 4.69) is 10.6 Å². The number of carbonyl (C=O) groups is 5. The molecular formula is C24H35N5O7. The minimum absolute atomic E-state index is 0.0620. The van der Waals surface area contributed by atoms with Crippen LogP contribution in [0.3, 0.4) is 0 Å². The maximum atomic E-state index is 13.3. The number of primary amides is 1. The van der Waals surface area contributed by atoms with Gasteiger partial charge in [-0.25, -0.2) is 4.79 Å². The van der Waals surface area contributed by atoms with Gasteiger partial charge in [-0.3, -0.25) is 19.2 Å². The molecule has 12 heteroatoms. The molecular weight excluding hydrogens is 470 g/mol. The normalized spacial score (nSPS) is 18.5. The fraction of sp³-hybridized carbons (Fsp3) is 0.542. The zero-order chi connectivity index (χ0) is 27.0. The molecule has 1 aliphatic rings. The molecule has 0 radical (unpaired) electrons. The first-order valence-corrected chi connectivity index (χ1v) is 11.9. The zero-order valence-electron chi connectivity index (χ0n) is 20.5. The summed E-state index contributed by atoms with van der Waals surface area (Å²) in [4.78, 5) is 63.4. The second-order valence-electron chi connectivity index (χ2n) is 9.11. The highest BCUT2D eigenvalue weighted by atomic mass is 16.4. The van der Waals surface area contributed by atoms with Crippen LogP contribution in [0.5, 0.6) is 5.75 Å². The molecule has 0 spiro atoms. The third-order valence-electron chi connectivity index (χ3n) is 6.36. The number of nitrogens with one attached hydrogen (secondary N) is 2. The van der Waals surface area contributed by atoms with Crippen LogP contribution in [0.25, 0.3) is 0 Å². The van der Waals surface area contributed by atoms with Crippen LogP contribution in [0, 0.1) is 5.92 Å². The van der Waals surface area contributed by atoms with Crippen LogP contribution < -0.4 is 22.1 Å². The predicted octanol–water partition coefficient (Wildman–Crippen LogP) is -0.771. The number of rotatable bonds is 12. The van der Waals surface area contributed by atoms with E-state index in [1.165, 1.54) is 17.0 Å². The van der Waals surface area contributed by atoms with E-state index in [9.17, 15) is 34.2 Å². The summed E-state index contributed by atoms with van der Waals surface area (Å²) in [6, 6.07) is 1.67. The Morgan fingerprint density at radius 1 is 1.14 bits per heavy atom. The van der Waals surface area contributed by atoms with E-state index in [1.54, 1.807) is 19.1 Å². The molecule has 5 unspecified atom stereocenters. The number of hydrogen-bond donors (Lipinski definition) is 6. The average Bonchev–Trinajstić information content (AvgIpc) is 3.32. The minimum atomic E-state index is -1.33. The standard InChI is InChI=1S/C24H35N5O7/c1-3-13(2)20(24(35)36)28-22(33)18-5-4-10-29(18)23(34)17(12-19(26)31)27-21(32)16(25)11-14-6-8-15(30)9-7-14/h6-9,13,16-18,20,30H,3-5,10-12,25H2,1-2H3,(H2,26,31)(H,27,32)(H,28,33)(H,35,36). The Kier molecular flexibility index (Phi) is 10.2. The van der Waals surface area contributed by atoms with Gasteiger partial charge in [0.25, 0.3) is 0 Å². The monoisotopic (exact) mass is 505 g/mol. The highest BCUT2D eigenvalue weighted by Gasteiger charge is 2.40. The van der Waals surface area contributed by atoms with Crippen molar-refractivity contribution < 1.29 is 34.2 Å². The van der Waals surface area contributed by atoms with Crippen LogP contribution in [-0.2, 0) is 30.4 Å². The van der Waals surface area contributed by atoms with Gasteiger partial charge in [-0.2, -0.15) is 0 Å². The first-order chi connectivity index (χ1) is 16.9. The molecule has 4 amide bonds. The van der Waals surface area contributed by atoms with Crippen molar-refractivity contribution in [2.24, 2.45) is 17.4 Å². The molecule has 5 atom stereocenters. The van der Waals surface area contributed by atoms with Gasteiger partial charge in [-0.15, -0.1) is 0 Å². The largest absolute Gasteiger partial charge is 0.508 e. The molecule has 1 aliphatic heterocycles. The summed E-state index contributed by atoms with van der Waals surface area (Å²) < 4.78 is 0. The number of phenols is 1. The van der Waals surface area contributed by atoms with Gasteiger partial charge < -0.3 is 37.2 Å². The molecule has 12 nitrogen and oxygen atoms in total. The Morgan fingerprint density at radius 2 is 1.78 bits per heavy atom. The second kappa shape index (κ2) is 12.9. The summed E-state index contributed by atoms with van der Waals surface area (Å²) in [5.74, 6) is -4.24. The highest BCUT2D eigenvalue weighted by Crippen LogP contribution is 2.20. The summed E-state index contributed by atoms with van der Waals surface area (Å²) in [5.41, 5.74) is 12.0. The van der Waals surface area contributed by atoms with Gasteiger partial charge in [0.15, 0.2) is 0 Å². The van der Waals surface area contributed by atoms with Crippen molar-refractivity contribution in [3.63, 3.8) is 0 Å². The molecule has 1 aromatic rings. The molecule has 1 saturated heterocycles. The molecule has 8 N–H and O–H groups in total. The second-order valence-corrected chi connectivity index (χ2v) is 9.11. The van der Waals surface area contributed by atoms with Crippen LogP contribution in [0.4, 0.5) is 0 Å². The minimum Gasteiger partial charge on any atom is -0.508 e. The molecule has 198 valence electrons. The Morgan fingerprint density at radius 3 is 2.33 bits per heavy atom. The van der Waals surface area contributed by atoms with E-state index in [0.29, 0.717) is 24.8 Å². The summed E-state index contributed by atoms with van der Waals surface area (Å²) >= 11 is 0. The number of benzene rings is 1. The summed E-state index contributed by atoms with van der Waals surface area (Å²) in [6.45, 7) is 3.71. The molecule has 0 saturated carbocycles. The van der Waals surface area contributed by atoms with Gasteiger partial charge >= 0.3 is 5.97 Å². The number of nitrogens with two attached hydrogens (primary N) is 2. The van der Waals surface area contributed by atoms with Gasteiger partial charge in [0.2, 0.25) is 23.6 Å². The number of nitrogens with zero attached hydrogens (tertiary/aromatic N) is 1. The smallest absolute Gasteiger partial charge is 0.326 e. The predicted molar refractivity (Wildman–Crippen MR) is 129 cm³/mol. The van der Waals surface area contributed by atoms with Gasteiger partial charge in [0.05, 0.1) is 12.5 Å². The first kappa shape index (κ1) is 28.6. The molecule has 0 aromatic heterocycles. The van der Waals surface area contributed by atoms with Crippen LogP contribution in [0.2, 0.25) is 0 Å². The van der Waals surface area contributed by atoms with Crippen molar-refractivity contribution in [2.45, 2.75) is 70.1 Å². The lowest BCUT2D eigenvalue weighted by Crippen LogP contribution is -2.58. The first-order valence-electron chi connectivity index (χ1n) is 11.9. The fourth-order valence-corrected chi connectivity index (χ4v) is 4.09. The van der Waals surface area contributed by atoms with Crippen molar-refractivity contribution in [1.82, 2.24) is 15.5 Å². The van der Waals surface area contributed by atoms with Gasteiger partial charge in [-0.1, -0.05) is 32.4 Å². The lowest BCUT2D eigenvalue weighted by molar-refractivity contribution is -0.146. The molecule has 1 fully saturated rings. The van der Waals surface area contributed by atoms with E-state index in [1.807, 2.05) is 6.92 Å². The summed E-state index contributed by atoms with van der Waals surface area (Å²) in [5, 5.41) is 23.9. The number of aromatic hydroxyl groups is 1. The van der Waals surface area contributed by atoms with Crippen molar-refractivity contribution in [1.29, 1.82) is 0 Å². The van der Waals surface area contributed by atoms with Crippen molar-refractivity contribution in [3.8, 4) is 5.75 Å². The van der Waals surface area contributed by atoms with Gasteiger partial charge in [0.1, 0.15) is 23.9 Å². The number of aliphatic carboxylic acids is 1. The van der Waals surface area contributed by atoms with Gasteiger partial charge in [-0.05, 0) is 42.9 Å². The SMILES string of the molecule is CCC(C)C(NC(=O)C1CCCN1C(=O)C(CC(N)=O)NC(=O)C(N)Cc1ccc(O)cc1)C(=O)O. The zero-order valence-corrected chi connectivity index (χ0v) is 20.5. The lowest BCUT2D eigenvalue weighted by Gasteiger charge is -2.30. The number of carboxylic acids is 1. The third-order valence-corrected chi connectivity index (χ3v) is 6.36. The number of carboxylic acid groups (broad SMARTS) is 1. The van der Waals surface area contributed by atoms with E-state index in [0.717, 1.165) is 0 Å². The Hall–Kier alpha value is -3.67. The fourth-order valence-electron chi connectivity index (χ4n) is 4.09. The molecule has 1 aromatic carbocycles. The van der Waals surface area contributed by atoms with Crippen molar-refractivity contribution >= 4 is 29.6 Å².